The Balaban J connectivity index is 1.96. The van der Waals surface area contributed by atoms with Crippen LogP contribution in [-0.2, 0) is 9.53 Å². The van der Waals surface area contributed by atoms with Gasteiger partial charge in [0.15, 0.2) is 0 Å². The Morgan fingerprint density at radius 3 is 2.87 bits per heavy atom. The van der Waals surface area contributed by atoms with Crippen LogP contribution in [0.4, 0.5) is 0 Å². The van der Waals surface area contributed by atoms with Gasteiger partial charge in [0.25, 0.3) is 0 Å². The van der Waals surface area contributed by atoms with Crippen molar-refractivity contribution in [2.75, 3.05) is 19.7 Å². The van der Waals surface area contributed by atoms with E-state index in [1.165, 1.54) is 6.42 Å². The standard InChI is InChI=1S/C11H20N2O2/c1-9(12)10(14)13-6-5-11(8-13)4-2-3-7-15-11/h9H,2-8,12H2,1H3/t9-,11-/m1/s1. The molecule has 2 atom stereocenters. The van der Waals surface area contributed by atoms with Gasteiger partial charge in [-0.15, -0.1) is 0 Å². The molecule has 2 aliphatic heterocycles. The number of carbonyl (C=O) groups is 1. The third-order valence-electron chi connectivity index (χ3n) is 3.45. The number of rotatable bonds is 1. The van der Waals surface area contributed by atoms with E-state index in [4.69, 9.17) is 10.5 Å². The lowest BCUT2D eigenvalue weighted by atomic mass is 9.93. The molecule has 2 rings (SSSR count). The number of hydrogen-bond donors (Lipinski definition) is 1. The van der Waals surface area contributed by atoms with Gasteiger partial charge in [-0.2, -0.15) is 0 Å². The van der Waals surface area contributed by atoms with Gasteiger partial charge in [0.2, 0.25) is 5.91 Å². The topological polar surface area (TPSA) is 55.6 Å². The highest BCUT2D eigenvalue weighted by molar-refractivity contribution is 5.81. The summed E-state index contributed by atoms with van der Waals surface area (Å²) in [6, 6.07) is -0.385. The van der Waals surface area contributed by atoms with E-state index < -0.39 is 0 Å². The summed E-state index contributed by atoms with van der Waals surface area (Å²) >= 11 is 0. The molecule has 86 valence electrons. The van der Waals surface area contributed by atoms with Crippen molar-refractivity contribution in [2.24, 2.45) is 5.73 Å². The zero-order valence-electron chi connectivity index (χ0n) is 9.37. The zero-order valence-corrected chi connectivity index (χ0v) is 9.37. The van der Waals surface area contributed by atoms with Crippen LogP contribution in [0.1, 0.15) is 32.6 Å². The van der Waals surface area contributed by atoms with Crippen molar-refractivity contribution >= 4 is 5.91 Å². The fourth-order valence-electron chi connectivity index (χ4n) is 2.55. The van der Waals surface area contributed by atoms with E-state index in [0.29, 0.717) is 0 Å². The van der Waals surface area contributed by atoms with Crippen LogP contribution in [0.2, 0.25) is 0 Å². The summed E-state index contributed by atoms with van der Waals surface area (Å²) in [5, 5.41) is 0. The smallest absolute Gasteiger partial charge is 0.239 e. The molecule has 0 unspecified atom stereocenters. The number of nitrogens with two attached hydrogens (primary N) is 1. The molecule has 4 heteroatoms. The number of carbonyl (C=O) groups excluding carboxylic acids is 1. The van der Waals surface area contributed by atoms with Gasteiger partial charge in [-0.3, -0.25) is 4.79 Å². The highest BCUT2D eigenvalue weighted by atomic mass is 16.5. The molecule has 2 fully saturated rings. The maximum Gasteiger partial charge on any atom is 0.239 e. The van der Waals surface area contributed by atoms with Crippen LogP contribution in [0.5, 0.6) is 0 Å². The molecular weight excluding hydrogens is 192 g/mol. The van der Waals surface area contributed by atoms with Gasteiger partial charge < -0.3 is 15.4 Å². The Labute approximate surface area is 90.8 Å². The lowest BCUT2D eigenvalue weighted by Crippen LogP contribution is -2.45. The highest BCUT2D eigenvalue weighted by Gasteiger charge is 2.42. The summed E-state index contributed by atoms with van der Waals surface area (Å²) in [5.41, 5.74) is 5.56. The van der Waals surface area contributed by atoms with Crippen LogP contribution in [0.15, 0.2) is 0 Å². The van der Waals surface area contributed by atoms with Gasteiger partial charge in [-0.25, -0.2) is 0 Å². The Kier molecular flexibility index (Phi) is 2.98. The first-order valence-corrected chi connectivity index (χ1v) is 5.81. The average molecular weight is 212 g/mol. The number of likely N-dealkylation sites (tertiary alicyclic amines) is 1. The zero-order chi connectivity index (χ0) is 10.9. The van der Waals surface area contributed by atoms with Crippen molar-refractivity contribution in [3.05, 3.63) is 0 Å². The van der Waals surface area contributed by atoms with Crippen LogP contribution in [0, 0.1) is 0 Å². The number of amides is 1. The lowest BCUT2D eigenvalue weighted by Gasteiger charge is -2.33. The minimum Gasteiger partial charge on any atom is -0.373 e. The van der Waals surface area contributed by atoms with Gasteiger partial charge in [-0.05, 0) is 32.6 Å². The van der Waals surface area contributed by atoms with E-state index in [1.54, 1.807) is 6.92 Å². The van der Waals surface area contributed by atoms with Crippen LogP contribution >= 0.6 is 0 Å². The Morgan fingerprint density at radius 1 is 1.47 bits per heavy atom. The molecule has 0 bridgehead atoms. The van der Waals surface area contributed by atoms with Gasteiger partial charge in [0.05, 0.1) is 11.6 Å². The molecule has 0 radical (unpaired) electrons. The van der Waals surface area contributed by atoms with Gasteiger partial charge in [0.1, 0.15) is 0 Å². The fourth-order valence-corrected chi connectivity index (χ4v) is 2.55. The first kappa shape index (κ1) is 10.9. The van der Waals surface area contributed by atoms with E-state index in [2.05, 4.69) is 0 Å². The normalized spacial score (nSPS) is 33.3. The van der Waals surface area contributed by atoms with Crippen LogP contribution < -0.4 is 5.73 Å². The molecule has 2 saturated heterocycles. The molecule has 1 spiro atoms. The quantitative estimate of drug-likeness (QED) is 0.689. The Morgan fingerprint density at radius 2 is 2.27 bits per heavy atom. The van der Waals surface area contributed by atoms with E-state index >= 15 is 0 Å². The molecule has 0 saturated carbocycles. The monoisotopic (exact) mass is 212 g/mol. The molecule has 2 heterocycles. The summed E-state index contributed by atoms with van der Waals surface area (Å²) in [7, 11) is 0. The summed E-state index contributed by atoms with van der Waals surface area (Å²) in [6.07, 6.45) is 4.45. The van der Waals surface area contributed by atoms with Crippen LogP contribution in [0.3, 0.4) is 0 Å². The second kappa shape index (κ2) is 4.10. The van der Waals surface area contributed by atoms with Crippen molar-refractivity contribution in [1.82, 2.24) is 4.90 Å². The molecule has 1 amide bonds. The minimum atomic E-state index is -0.385. The fraction of sp³-hybridized carbons (Fsp3) is 0.909. The molecule has 0 aliphatic carbocycles. The van der Waals surface area contributed by atoms with Crippen molar-refractivity contribution in [3.8, 4) is 0 Å². The number of nitrogens with zero attached hydrogens (tertiary/aromatic N) is 1. The third kappa shape index (κ3) is 2.16. The summed E-state index contributed by atoms with van der Waals surface area (Å²) < 4.78 is 5.85. The van der Waals surface area contributed by atoms with E-state index in [1.807, 2.05) is 4.90 Å². The van der Waals surface area contributed by atoms with E-state index in [0.717, 1.165) is 39.0 Å². The van der Waals surface area contributed by atoms with Crippen molar-refractivity contribution in [3.63, 3.8) is 0 Å². The Bertz CT molecular complexity index is 247. The number of hydrogen-bond acceptors (Lipinski definition) is 3. The largest absolute Gasteiger partial charge is 0.373 e. The van der Waals surface area contributed by atoms with Gasteiger partial charge in [-0.1, -0.05) is 0 Å². The molecule has 4 nitrogen and oxygen atoms in total. The SMILES string of the molecule is C[C@@H](N)C(=O)N1CC[C@]2(CCCCO2)C1. The van der Waals surface area contributed by atoms with E-state index in [-0.39, 0.29) is 17.6 Å². The first-order valence-electron chi connectivity index (χ1n) is 5.81. The molecule has 0 aromatic rings. The molecule has 2 aliphatic rings. The van der Waals surface area contributed by atoms with Gasteiger partial charge in [0, 0.05) is 19.7 Å². The minimum absolute atomic E-state index is 0.0389. The second-order valence-electron chi connectivity index (χ2n) is 4.79. The van der Waals surface area contributed by atoms with E-state index in [9.17, 15) is 4.79 Å². The maximum absolute atomic E-state index is 11.7. The van der Waals surface area contributed by atoms with Crippen LogP contribution in [0.25, 0.3) is 0 Å². The van der Waals surface area contributed by atoms with Crippen molar-refractivity contribution in [1.29, 1.82) is 0 Å². The molecular formula is C11H20N2O2. The molecule has 15 heavy (non-hydrogen) atoms. The molecule has 0 aromatic heterocycles. The Hall–Kier alpha value is -0.610. The molecule has 0 aromatic carbocycles. The lowest BCUT2D eigenvalue weighted by molar-refractivity contribution is -0.133. The number of ether oxygens (including phenoxy) is 1. The second-order valence-corrected chi connectivity index (χ2v) is 4.79. The summed E-state index contributed by atoms with van der Waals surface area (Å²) in [5.74, 6) is 0.0565. The van der Waals surface area contributed by atoms with Gasteiger partial charge >= 0.3 is 0 Å². The maximum atomic E-state index is 11.7. The third-order valence-corrected chi connectivity index (χ3v) is 3.45. The first-order chi connectivity index (χ1) is 7.13. The van der Waals surface area contributed by atoms with Crippen molar-refractivity contribution in [2.45, 2.75) is 44.2 Å². The predicted octanol–water partition coefficient (Wildman–Crippen LogP) is 0.505. The highest BCUT2D eigenvalue weighted by Crippen LogP contribution is 2.34. The summed E-state index contributed by atoms with van der Waals surface area (Å²) in [6.45, 7) is 4.14. The van der Waals surface area contributed by atoms with Crippen LogP contribution in [-0.4, -0.2) is 42.1 Å². The van der Waals surface area contributed by atoms with Crippen molar-refractivity contribution < 1.29 is 9.53 Å². The predicted molar refractivity (Wildman–Crippen MR) is 57.4 cm³/mol. The summed E-state index contributed by atoms with van der Waals surface area (Å²) in [4.78, 5) is 13.6. The molecule has 2 N–H and O–H groups in total. The average Bonchev–Trinajstić information content (AvgIpc) is 2.62.